The van der Waals surface area contributed by atoms with Crippen LogP contribution in [-0.4, -0.2) is 43.9 Å². The molecule has 1 amide bonds. The van der Waals surface area contributed by atoms with Crippen molar-refractivity contribution >= 4 is 18.0 Å². The van der Waals surface area contributed by atoms with Gasteiger partial charge in [-0.2, -0.15) is 0 Å². The van der Waals surface area contributed by atoms with Crippen LogP contribution in [0.3, 0.4) is 0 Å². The van der Waals surface area contributed by atoms with E-state index in [1.807, 2.05) is 24.3 Å². The number of allylic oxidation sites excluding steroid dienone is 3. The fourth-order valence-corrected chi connectivity index (χ4v) is 2.16. The summed E-state index contributed by atoms with van der Waals surface area (Å²) in [5.41, 5.74) is 0. The van der Waals surface area contributed by atoms with Gasteiger partial charge >= 0.3 is 18.0 Å². The van der Waals surface area contributed by atoms with E-state index in [1.165, 1.54) is 13.8 Å². The first-order valence-electron chi connectivity index (χ1n) is 8.02. The summed E-state index contributed by atoms with van der Waals surface area (Å²) in [6, 6.07) is 0. The van der Waals surface area contributed by atoms with Gasteiger partial charge in [-0.3, -0.25) is 9.59 Å². The van der Waals surface area contributed by atoms with Gasteiger partial charge in [0.15, 0.2) is 0 Å². The zero-order valence-electron chi connectivity index (χ0n) is 14.2. The zero-order valence-corrected chi connectivity index (χ0v) is 14.2. The normalized spacial score (nSPS) is 17.0. The zero-order chi connectivity index (χ0) is 17.8. The van der Waals surface area contributed by atoms with Crippen LogP contribution in [0.4, 0.5) is 4.79 Å². The number of esters is 2. The Labute approximate surface area is 142 Å². The highest BCUT2D eigenvalue weighted by Crippen LogP contribution is 2.11. The van der Waals surface area contributed by atoms with E-state index in [9.17, 15) is 14.4 Å². The largest absolute Gasteiger partial charge is 0.466 e. The van der Waals surface area contributed by atoms with Crippen LogP contribution in [0.5, 0.6) is 0 Å². The highest BCUT2D eigenvalue weighted by atomic mass is 16.6. The van der Waals surface area contributed by atoms with E-state index in [1.54, 1.807) is 0 Å². The number of hydrogen-bond donors (Lipinski definition) is 1. The minimum Gasteiger partial charge on any atom is -0.466 e. The van der Waals surface area contributed by atoms with Gasteiger partial charge in [0.05, 0.1) is 13.2 Å². The Hall–Kier alpha value is -2.31. The SMILES string of the molecule is CC(=O)OCCC(CCNC(=O)OCC1C=CC=CC1)OC(C)=O. The second-order valence-corrected chi connectivity index (χ2v) is 5.48. The Morgan fingerprint density at radius 3 is 2.54 bits per heavy atom. The van der Waals surface area contributed by atoms with Crippen LogP contribution in [0.25, 0.3) is 0 Å². The quantitative estimate of drug-likeness (QED) is 0.511. The molecule has 134 valence electrons. The van der Waals surface area contributed by atoms with Crippen molar-refractivity contribution in [1.29, 1.82) is 0 Å². The molecule has 0 heterocycles. The number of hydrogen-bond acceptors (Lipinski definition) is 6. The van der Waals surface area contributed by atoms with Crippen molar-refractivity contribution in [3.8, 4) is 0 Å². The van der Waals surface area contributed by atoms with Gasteiger partial charge in [-0.15, -0.1) is 0 Å². The van der Waals surface area contributed by atoms with Crippen molar-refractivity contribution in [2.45, 2.75) is 39.2 Å². The van der Waals surface area contributed by atoms with Crippen LogP contribution in [-0.2, 0) is 23.8 Å². The second kappa shape index (κ2) is 11.3. The van der Waals surface area contributed by atoms with Crippen molar-refractivity contribution in [2.75, 3.05) is 19.8 Å². The Kier molecular flexibility index (Phi) is 9.26. The molecule has 0 saturated carbocycles. The molecule has 7 nitrogen and oxygen atoms in total. The minimum absolute atomic E-state index is 0.166. The molecular weight excluding hydrogens is 314 g/mol. The predicted octanol–water partition coefficient (Wildman–Crippen LogP) is 2.12. The van der Waals surface area contributed by atoms with E-state index in [0.29, 0.717) is 26.0 Å². The average molecular weight is 339 g/mol. The maximum absolute atomic E-state index is 11.6. The molecule has 0 aromatic heterocycles. The van der Waals surface area contributed by atoms with Gasteiger partial charge < -0.3 is 19.5 Å². The summed E-state index contributed by atoms with van der Waals surface area (Å²) in [7, 11) is 0. The third-order valence-corrected chi connectivity index (χ3v) is 3.31. The van der Waals surface area contributed by atoms with Crippen molar-refractivity contribution < 1.29 is 28.6 Å². The van der Waals surface area contributed by atoms with Gasteiger partial charge in [-0.25, -0.2) is 4.79 Å². The molecule has 1 rings (SSSR count). The third-order valence-electron chi connectivity index (χ3n) is 3.31. The summed E-state index contributed by atoms with van der Waals surface area (Å²) in [6.07, 6.45) is 8.65. The van der Waals surface area contributed by atoms with Crippen LogP contribution in [0.1, 0.15) is 33.1 Å². The van der Waals surface area contributed by atoms with E-state index < -0.39 is 18.2 Å². The third kappa shape index (κ3) is 9.66. The van der Waals surface area contributed by atoms with Gasteiger partial charge in [-0.05, 0) is 6.42 Å². The lowest BCUT2D eigenvalue weighted by Gasteiger charge is -2.17. The average Bonchev–Trinajstić information content (AvgIpc) is 2.53. The highest BCUT2D eigenvalue weighted by molar-refractivity contribution is 5.67. The summed E-state index contributed by atoms with van der Waals surface area (Å²) in [5.74, 6) is -0.592. The molecule has 0 radical (unpaired) electrons. The molecule has 0 spiro atoms. The molecule has 24 heavy (non-hydrogen) atoms. The smallest absolute Gasteiger partial charge is 0.407 e. The molecule has 0 aliphatic heterocycles. The van der Waals surface area contributed by atoms with Crippen molar-refractivity contribution in [3.05, 3.63) is 24.3 Å². The van der Waals surface area contributed by atoms with Crippen LogP contribution < -0.4 is 5.32 Å². The fourth-order valence-electron chi connectivity index (χ4n) is 2.16. The van der Waals surface area contributed by atoms with Crippen LogP contribution in [0, 0.1) is 5.92 Å². The van der Waals surface area contributed by atoms with Crippen LogP contribution >= 0.6 is 0 Å². The molecule has 0 aromatic carbocycles. The number of carbonyl (C=O) groups excluding carboxylic acids is 3. The van der Waals surface area contributed by atoms with Gasteiger partial charge in [-0.1, -0.05) is 24.3 Å². The van der Waals surface area contributed by atoms with E-state index in [-0.39, 0.29) is 18.5 Å². The molecule has 1 N–H and O–H groups in total. The summed E-state index contributed by atoms with van der Waals surface area (Å²) < 4.78 is 15.1. The number of amides is 1. The van der Waals surface area contributed by atoms with Gasteiger partial charge in [0.2, 0.25) is 0 Å². The van der Waals surface area contributed by atoms with Crippen LogP contribution in [0.2, 0.25) is 0 Å². The summed E-state index contributed by atoms with van der Waals surface area (Å²) >= 11 is 0. The lowest BCUT2D eigenvalue weighted by Crippen LogP contribution is -2.30. The lowest BCUT2D eigenvalue weighted by molar-refractivity contribution is -0.148. The molecule has 1 aliphatic rings. The molecule has 0 bridgehead atoms. The van der Waals surface area contributed by atoms with Crippen molar-refractivity contribution in [3.63, 3.8) is 0 Å². The lowest BCUT2D eigenvalue weighted by atomic mass is 10.0. The predicted molar refractivity (Wildman–Crippen MR) is 87.2 cm³/mol. The summed E-state index contributed by atoms with van der Waals surface area (Å²) in [6.45, 7) is 3.42. The first-order valence-corrected chi connectivity index (χ1v) is 8.02. The van der Waals surface area contributed by atoms with E-state index in [0.717, 1.165) is 6.42 Å². The van der Waals surface area contributed by atoms with Gasteiger partial charge in [0.25, 0.3) is 0 Å². The number of carbonyl (C=O) groups is 3. The first kappa shape index (κ1) is 19.7. The number of ether oxygens (including phenoxy) is 3. The maximum Gasteiger partial charge on any atom is 0.407 e. The van der Waals surface area contributed by atoms with Crippen LogP contribution in [0.15, 0.2) is 24.3 Å². The van der Waals surface area contributed by atoms with E-state index >= 15 is 0 Å². The molecule has 2 atom stereocenters. The van der Waals surface area contributed by atoms with E-state index in [4.69, 9.17) is 14.2 Å². The molecular formula is C17H25NO6. The Bertz CT molecular complexity index is 485. The second-order valence-electron chi connectivity index (χ2n) is 5.48. The molecule has 2 unspecified atom stereocenters. The van der Waals surface area contributed by atoms with E-state index in [2.05, 4.69) is 5.32 Å². The number of alkyl carbamates (subject to hydrolysis) is 1. The van der Waals surface area contributed by atoms with Crippen molar-refractivity contribution in [1.82, 2.24) is 5.32 Å². The number of nitrogens with one attached hydrogen (secondary N) is 1. The molecule has 0 aromatic rings. The van der Waals surface area contributed by atoms with Gasteiger partial charge in [0.1, 0.15) is 6.10 Å². The van der Waals surface area contributed by atoms with Gasteiger partial charge in [0, 0.05) is 39.2 Å². The fraction of sp³-hybridized carbons (Fsp3) is 0.588. The Morgan fingerprint density at radius 1 is 1.12 bits per heavy atom. The molecule has 7 heteroatoms. The summed E-state index contributed by atoms with van der Waals surface area (Å²) in [4.78, 5) is 33.5. The Morgan fingerprint density at radius 2 is 1.92 bits per heavy atom. The molecule has 0 fully saturated rings. The first-order chi connectivity index (χ1) is 11.5. The highest BCUT2D eigenvalue weighted by Gasteiger charge is 2.14. The topological polar surface area (TPSA) is 90.9 Å². The maximum atomic E-state index is 11.6. The Balaban J connectivity index is 2.20. The standard InChI is InChI=1S/C17H25NO6/c1-13(19)22-11-9-16(24-14(2)20)8-10-18-17(21)23-12-15-6-4-3-5-7-15/h3-6,15-16H,7-12H2,1-2H3,(H,18,21). The monoisotopic (exact) mass is 339 g/mol. The molecule has 1 aliphatic carbocycles. The number of rotatable bonds is 9. The minimum atomic E-state index is -0.500. The van der Waals surface area contributed by atoms with Crippen molar-refractivity contribution in [2.24, 2.45) is 5.92 Å². The molecule has 0 saturated heterocycles. The summed E-state index contributed by atoms with van der Waals surface area (Å²) in [5, 5.41) is 2.62.